The predicted molar refractivity (Wildman–Crippen MR) is 165 cm³/mol. The second-order valence-electron chi connectivity index (χ2n) is 10.5. The van der Waals surface area contributed by atoms with Crippen molar-refractivity contribution in [3.05, 3.63) is 0 Å². The highest BCUT2D eigenvalue weighted by Gasteiger charge is 2.30. The molecule has 21 nitrogen and oxygen atoms in total. The Morgan fingerprint density at radius 3 is 1.84 bits per heavy atom. The summed E-state index contributed by atoms with van der Waals surface area (Å²) in [6.07, 6.45) is -0.570. The van der Waals surface area contributed by atoms with E-state index in [1.54, 1.807) is 0 Å². The van der Waals surface area contributed by atoms with E-state index in [-0.39, 0.29) is 51.5 Å². The highest BCUT2D eigenvalue weighted by atomic mass is 32.2. The summed E-state index contributed by atoms with van der Waals surface area (Å²) in [4.78, 5) is 93.1. The Kier molecular flexibility index (Phi) is 22.5. The van der Waals surface area contributed by atoms with Gasteiger partial charge < -0.3 is 51.4 Å². The van der Waals surface area contributed by atoms with Gasteiger partial charge in [0.1, 0.15) is 30.5 Å². The molecule has 0 rings (SSSR count). The second-order valence-corrected chi connectivity index (χ2v) is 12.0. The summed E-state index contributed by atoms with van der Waals surface area (Å²) in [7, 11) is -4.82. The standard InChI is InChI=1S/C27H45N5O16S/c1-17(33)28-10-3-2-5-18(26(40)41)30-23(36)15-48-14-13-47-12-11-29-21(34)9-8-19(27(42)43)32-25(39)20(16-49(44,45)46)31-22(35)6-4-7-24(37)38/h18-20H,2-16H2,1H3,(H,28,33)(H,29,34)(H,30,36)(H,31,35)(H,32,39)(H,37,38)(H,40,41)(H,42,43)(H,44,45,46). The van der Waals surface area contributed by atoms with Gasteiger partial charge in [0.25, 0.3) is 10.1 Å². The number of nitrogens with one attached hydrogen (secondary N) is 5. The molecule has 0 spiro atoms. The Hall–Kier alpha value is -4.41. The molecule has 5 amide bonds. The smallest absolute Gasteiger partial charge is 0.326 e. The molecule has 280 valence electrons. The van der Waals surface area contributed by atoms with Gasteiger partial charge in [0.05, 0.1) is 19.8 Å². The molecule has 0 fully saturated rings. The van der Waals surface area contributed by atoms with Crippen LogP contribution in [0.5, 0.6) is 0 Å². The molecule has 49 heavy (non-hydrogen) atoms. The van der Waals surface area contributed by atoms with E-state index in [2.05, 4.69) is 16.0 Å². The van der Waals surface area contributed by atoms with E-state index in [1.165, 1.54) is 6.92 Å². The fraction of sp³-hybridized carbons (Fsp3) is 0.704. The fourth-order valence-electron chi connectivity index (χ4n) is 3.83. The highest BCUT2D eigenvalue weighted by molar-refractivity contribution is 7.85. The van der Waals surface area contributed by atoms with Crippen LogP contribution >= 0.6 is 0 Å². The van der Waals surface area contributed by atoms with Crippen molar-refractivity contribution < 1.29 is 76.1 Å². The minimum atomic E-state index is -4.82. The third-order valence-electron chi connectivity index (χ3n) is 6.20. The summed E-state index contributed by atoms with van der Waals surface area (Å²) in [6.45, 7) is 1.32. The van der Waals surface area contributed by atoms with Crippen molar-refractivity contribution in [2.24, 2.45) is 0 Å². The number of hydrogen-bond acceptors (Lipinski definition) is 12. The zero-order valence-corrected chi connectivity index (χ0v) is 27.8. The second kappa shape index (κ2) is 24.7. The Bertz CT molecular complexity index is 1250. The number of hydrogen-bond donors (Lipinski definition) is 9. The largest absolute Gasteiger partial charge is 0.481 e. The van der Waals surface area contributed by atoms with Crippen LogP contribution in [-0.2, 0) is 57.9 Å². The topological polar surface area (TPSA) is 330 Å². The Morgan fingerprint density at radius 1 is 0.633 bits per heavy atom. The molecule has 0 heterocycles. The lowest BCUT2D eigenvalue weighted by Crippen LogP contribution is -2.54. The van der Waals surface area contributed by atoms with Crippen LogP contribution in [0.3, 0.4) is 0 Å². The van der Waals surface area contributed by atoms with Gasteiger partial charge >= 0.3 is 17.9 Å². The normalized spacial score (nSPS) is 12.9. The first-order valence-electron chi connectivity index (χ1n) is 15.1. The molecule has 0 bridgehead atoms. The lowest BCUT2D eigenvalue weighted by atomic mass is 10.1. The maximum atomic E-state index is 12.6. The zero-order valence-electron chi connectivity index (χ0n) is 26.9. The lowest BCUT2D eigenvalue weighted by Gasteiger charge is -2.20. The van der Waals surface area contributed by atoms with E-state index in [4.69, 9.17) is 19.1 Å². The zero-order chi connectivity index (χ0) is 37.4. The molecule has 0 aromatic heterocycles. The van der Waals surface area contributed by atoms with Gasteiger partial charge in [-0.25, -0.2) is 9.59 Å². The predicted octanol–water partition coefficient (Wildman–Crippen LogP) is -3.01. The van der Waals surface area contributed by atoms with E-state index < -0.39 is 101 Å². The number of carboxylic acids is 3. The van der Waals surface area contributed by atoms with Crippen molar-refractivity contribution in [2.45, 2.75) is 76.4 Å². The third kappa shape index (κ3) is 25.3. The first-order chi connectivity index (χ1) is 22.9. The molecule has 0 saturated heterocycles. The van der Waals surface area contributed by atoms with Crippen molar-refractivity contribution in [1.82, 2.24) is 26.6 Å². The summed E-state index contributed by atoms with van der Waals surface area (Å²) >= 11 is 0. The molecule has 0 radical (unpaired) electrons. The average molecular weight is 728 g/mol. The van der Waals surface area contributed by atoms with Crippen LogP contribution in [0, 0.1) is 0 Å². The number of carbonyl (C=O) groups is 8. The first kappa shape index (κ1) is 44.6. The SMILES string of the molecule is CC(=O)NCCCCC(NC(=O)COCCOCCNC(=O)CCC(NC(=O)C(CS(=O)(=O)O)NC(=O)CCCC(=O)O)C(=O)O)C(=O)O. The Balaban J connectivity index is 4.44. The van der Waals surface area contributed by atoms with Crippen molar-refractivity contribution in [3.63, 3.8) is 0 Å². The Labute approximate surface area is 282 Å². The molecular formula is C27H45N5O16S. The molecule has 3 atom stereocenters. The number of rotatable bonds is 28. The minimum Gasteiger partial charge on any atom is -0.481 e. The van der Waals surface area contributed by atoms with Crippen LogP contribution in [0.1, 0.15) is 58.3 Å². The molecular weight excluding hydrogens is 682 g/mol. The van der Waals surface area contributed by atoms with Crippen molar-refractivity contribution >= 4 is 57.6 Å². The van der Waals surface area contributed by atoms with Crippen molar-refractivity contribution in [1.29, 1.82) is 0 Å². The van der Waals surface area contributed by atoms with Crippen LogP contribution in [0.15, 0.2) is 0 Å². The molecule has 3 unspecified atom stereocenters. The van der Waals surface area contributed by atoms with E-state index in [0.29, 0.717) is 19.4 Å². The highest BCUT2D eigenvalue weighted by Crippen LogP contribution is 2.03. The molecule has 0 aromatic carbocycles. The summed E-state index contributed by atoms with van der Waals surface area (Å²) < 4.78 is 42.2. The van der Waals surface area contributed by atoms with Gasteiger partial charge in [-0.3, -0.25) is 33.3 Å². The third-order valence-corrected chi connectivity index (χ3v) is 6.95. The van der Waals surface area contributed by atoms with E-state index in [9.17, 15) is 57.0 Å². The monoisotopic (exact) mass is 727 g/mol. The number of carbonyl (C=O) groups excluding carboxylic acids is 5. The van der Waals surface area contributed by atoms with Crippen LogP contribution in [-0.4, -0.2) is 139 Å². The maximum Gasteiger partial charge on any atom is 0.326 e. The van der Waals surface area contributed by atoms with Gasteiger partial charge in [-0.1, -0.05) is 0 Å². The van der Waals surface area contributed by atoms with Gasteiger partial charge in [-0.2, -0.15) is 8.42 Å². The van der Waals surface area contributed by atoms with Crippen LogP contribution in [0.25, 0.3) is 0 Å². The number of amides is 5. The fourth-order valence-corrected chi connectivity index (χ4v) is 4.49. The molecule has 0 saturated carbocycles. The van der Waals surface area contributed by atoms with Gasteiger partial charge in [0.15, 0.2) is 0 Å². The van der Waals surface area contributed by atoms with Crippen LogP contribution in [0.4, 0.5) is 0 Å². The minimum absolute atomic E-state index is 0.00341. The number of carboxylic acid groups (broad SMARTS) is 3. The average Bonchev–Trinajstić information content (AvgIpc) is 2.97. The first-order valence-corrected chi connectivity index (χ1v) is 16.7. The number of ether oxygens (including phenoxy) is 2. The van der Waals surface area contributed by atoms with Crippen molar-refractivity contribution in [3.8, 4) is 0 Å². The summed E-state index contributed by atoms with van der Waals surface area (Å²) in [5.41, 5.74) is 0. The maximum absolute atomic E-state index is 12.6. The van der Waals surface area contributed by atoms with Gasteiger partial charge in [0.2, 0.25) is 29.5 Å². The van der Waals surface area contributed by atoms with E-state index >= 15 is 0 Å². The van der Waals surface area contributed by atoms with E-state index in [0.717, 1.165) is 0 Å². The summed E-state index contributed by atoms with van der Waals surface area (Å²) in [6, 6.07) is -4.70. The van der Waals surface area contributed by atoms with Gasteiger partial charge in [-0.15, -0.1) is 0 Å². The summed E-state index contributed by atoms with van der Waals surface area (Å²) in [5, 5.41) is 38.7. The molecule has 0 aliphatic rings. The lowest BCUT2D eigenvalue weighted by molar-refractivity contribution is -0.143. The van der Waals surface area contributed by atoms with Gasteiger partial charge in [-0.05, 0) is 32.1 Å². The van der Waals surface area contributed by atoms with Crippen molar-refractivity contribution in [2.75, 3.05) is 45.3 Å². The molecule has 0 aliphatic heterocycles. The Morgan fingerprint density at radius 2 is 1.24 bits per heavy atom. The molecule has 0 aromatic rings. The molecule has 9 N–H and O–H groups in total. The van der Waals surface area contributed by atoms with Crippen LogP contribution < -0.4 is 26.6 Å². The van der Waals surface area contributed by atoms with E-state index in [1.807, 2.05) is 10.6 Å². The quantitative estimate of drug-likeness (QED) is 0.0286. The molecule has 0 aliphatic carbocycles. The summed E-state index contributed by atoms with van der Waals surface area (Å²) in [5.74, 6) is -8.92. The van der Waals surface area contributed by atoms with Crippen LogP contribution in [0.2, 0.25) is 0 Å². The van der Waals surface area contributed by atoms with Gasteiger partial charge in [0, 0.05) is 39.3 Å². The number of unbranched alkanes of at least 4 members (excludes halogenated alkanes) is 1. The number of aliphatic carboxylic acids is 3. The molecule has 22 heteroatoms.